The summed E-state index contributed by atoms with van der Waals surface area (Å²) in [6.07, 6.45) is 1.82. The number of amides is 3. The van der Waals surface area contributed by atoms with E-state index in [1.54, 1.807) is 12.1 Å². The molecule has 0 atom stereocenters. The average Bonchev–Trinajstić information content (AvgIpc) is 3.30. The van der Waals surface area contributed by atoms with Gasteiger partial charge < -0.3 is 9.88 Å². The molecule has 1 saturated heterocycles. The highest BCUT2D eigenvalue weighted by Gasteiger charge is 2.34. The number of hydrogen-bond acceptors (Lipinski definition) is 4. The van der Waals surface area contributed by atoms with E-state index in [-0.39, 0.29) is 4.32 Å². The zero-order valence-electron chi connectivity index (χ0n) is 19.8. The summed E-state index contributed by atoms with van der Waals surface area (Å²) in [5.41, 5.74) is 6.81. The number of urea groups is 1. The Kier molecular flexibility index (Phi) is 7.70. The van der Waals surface area contributed by atoms with Crippen molar-refractivity contribution in [2.75, 3.05) is 5.32 Å². The third-order valence-electron chi connectivity index (χ3n) is 6.03. The number of nitrogens with one attached hydrogen (secondary N) is 2. The molecule has 4 aromatic rings. The molecule has 3 amide bonds. The van der Waals surface area contributed by atoms with E-state index in [1.807, 2.05) is 61.5 Å². The lowest BCUT2D eigenvalue weighted by Gasteiger charge is -2.16. The standard InChI is InChI=1S/C27H19Cl3N4O2S2/c1-15-19(18-7-3-5-9-23(18)33(15)14-16-6-2-4-8-20(16)28)13-24-25(35)34(27(37)38-24)32-26(36)31-17-10-11-21(29)22(30)12-17/h2-13H,14H2,1H3,(H2,31,32,36)/b24-13-. The zero-order chi connectivity index (χ0) is 27.0. The number of benzene rings is 3. The maximum Gasteiger partial charge on any atom is 0.338 e. The van der Waals surface area contributed by atoms with Gasteiger partial charge in [0.2, 0.25) is 0 Å². The number of aromatic nitrogens is 1. The number of para-hydroxylation sites is 1. The molecule has 2 heterocycles. The van der Waals surface area contributed by atoms with Gasteiger partial charge in [0, 0.05) is 39.4 Å². The van der Waals surface area contributed by atoms with Crippen LogP contribution >= 0.6 is 58.8 Å². The highest BCUT2D eigenvalue weighted by Crippen LogP contribution is 2.36. The molecule has 2 N–H and O–H groups in total. The second-order valence-electron chi connectivity index (χ2n) is 8.41. The van der Waals surface area contributed by atoms with Crippen LogP contribution in [0.4, 0.5) is 10.5 Å². The van der Waals surface area contributed by atoms with E-state index in [1.165, 1.54) is 6.07 Å². The Morgan fingerprint density at radius 1 is 1.00 bits per heavy atom. The van der Waals surface area contributed by atoms with E-state index in [9.17, 15) is 9.59 Å². The summed E-state index contributed by atoms with van der Waals surface area (Å²) in [5.74, 6) is -0.424. The molecule has 192 valence electrons. The lowest BCUT2D eigenvalue weighted by Crippen LogP contribution is -2.46. The first-order valence-electron chi connectivity index (χ1n) is 11.3. The van der Waals surface area contributed by atoms with E-state index in [4.69, 9.17) is 47.0 Å². The molecule has 6 nitrogen and oxygen atoms in total. The Labute approximate surface area is 243 Å². The lowest BCUT2D eigenvalue weighted by molar-refractivity contribution is -0.123. The second kappa shape index (κ2) is 11.0. The van der Waals surface area contributed by atoms with Gasteiger partial charge in [-0.05, 0) is 61.1 Å². The first-order valence-corrected chi connectivity index (χ1v) is 13.7. The van der Waals surface area contributed by atoms with Crippen LogP contribution in [0.3, 0.4) is 0 Å². The molecule has 1 aromatic heterocycles. The van der Waals surface area contributed by atoms with Crippen LogP contribution in [-0.4, -0.2) is 25.8 Å². The molecule has 1 aliphatic rings. The molecule has 38 heavy (non-hydrogen) atoms. The van der Waals surface area contributed by atoms with Crippen LogP contribution in [0.2, 0.25) is 15.1 Å². The van der Waals surface area contributed by atoms with Crippen molar-refractivity contribution in [1.82, 2.24) is 15.0 Å². The number of nitrogens with zero attached hydrogens (tertiary/aromatic N) is 2. The molecular weight excluding hydrogens is 583 g/mol. The molecule has 0 saturated carbocycles. The van der Waals surface area contributed by atoms with Crippen molar-refractivity contribution in [3.63, 3.8) is 0 Å². The number of halogens is 3. The molecular formula is C27H19Cl3N4O2S2. The van der Waals surface area contributed by atoms with E-state index in [2.05, 4.69) is 15.3 Å². The van der Waals surface area contributed by atoms with Crippen LogP contribution in [0.25, 0.3) is 17.0 Å². The second-order valence-corrected chi connectivity index (χ2v) is 11.3. The first-order chi connectivity index (χ1) is 18.2. The maximum atomic E-state index is 13.2. The van der Waals surface area contributed by atoms with Gasteiger partial charge in [-0.15, -0.1) is 0 Å². The van der Waals surface area contributed by atoms with Crippen LogP contribution in [0.5, 0.6) is 0 Å². The SMILES string of the molecule is Cc1c(/C=C2\SC(=S)N(NC(=O)Nc3ccc(Cl)c(Cl)c3)C2=O)c2ccccc2n1Cc1ccccc1Cl. The van der Waals surface area contributed by atoms with E-state index >= 15 is 0 Å². The Morgan fingerprint density at radius 2 is 1.74 bits per heavy atom. The number of carbonyl (C=O) groups is 2. The molecule has 0 bridgehead atoms. The molecule has 0 spiro atoms. The van der Waals surface area contributed by atoms with Gasteiger partial charge in [-0.25, -0.2) is 10.2 Å². The molecule has 0 aliphatic carbocycles. The summed E-state index contributed by atoms with van der Waals surface area (Å²) < 4.78 is 2.38. The smallest absolute Gasteiger partial charge is 0.338 e. The summed E-state index contributed by atoms with van der Waals surface area (Å²) in [5, 5.41) is 6.01. The number of thioether (sulfide) groups is 1. The predicted molar refractivity (Wildman–Crippen MR) is 161 cm³/mol. The predicted octanol–water partition coefficient (Wildman–Crippen LogP) is 7.90. The van der Waals surface area contributed by atoms with Crippen molar-refractivity contribution in [3.05, 3.63) is 104 Å². The fraction of sp³-hybridized carbons (Fsp3) is 0.0741. The van der Waals surface area contributed by atoms with Gasteiger partial charge in [-0.2, -0.15) is 5.01 Å². The number of thiocarbonyl (C=S) groups is 1. The monoisotopic (exact) mass is 600 g/mol. The van der Waals surface area contributed by atoms with Crippen molar-refractivity contribution < 1.29 is 9.59 Å². The normalized spacial score (nSPS) is 14.5. The fourth-order valence-electron chi connectivity index (χ4n) is 4.17. The summed E-state index contributed by atoms with van der Waals surface area (Å²) in [6.45, 7) is 2.59. The van der Waals surface area contributed by atoms with Gasteiger partial charge in [0.1, 0.15) is 0 Å². The molecule has 1 aliphatic heterocycles. The number of hydrogen-bond donors (Lipinski definition) is 2. The van der Waals surface area contributed by atoms with Crippen molar-refractivity contribution in [1.29, 1.82) is 0 Å². The van der Waals surface area contributed by atoms with Gasteiger partial charge in [0.05, 0.1) is 15.0 Å². The van der Waals surface area contributed by atoms with Crippen molar-refractivity contribution in [2.45, 2.75) is 13.5 Å². The van der Waals surface area contributed by atoms with Gasteiger partial charge >= 0.3 is 6.03 Å². The van der Waals surface area contributed by atoms with Crippen molar-refractivity contribution in [3.8, 4) is 0 Å². The Bertz CT molecular complexity index is 1650. The minimum absolute atomic E-state index is 0.211. The van der Waals surface area contributed by atoms with Crippen molar-refractivity contribution >= 4 is 97.7 Å². The first kappa shape index (κ1) is 26.6. The third kappa shape index (κ3) is 5.28. The van der Waals surface area contributed by atoms with Gasteiger partial charge in [0.25, 0.3) is 5.91 Å². The summed E-state index contributed by atoms with van der Waals surface area (Å²) in [4.78, 5) is 26.2. The van der Waals surface area contributed by atoms with Crippen LogP contribution < -0.4 is 10.7 Å². The largest absolute Gasteiger partial charge is 0.340 e. The molecule has 5 rings (SSSR count). The molecule has 0 radical (unpaired) electrons. The Hall–Kier alpha value is -3.01. The maximum absolute atomic E-state index is 13.2. The minimum Gasteiger partial charge on any atom is -0.340 e. The average molecular weight is 602 g/mol. The highest BCUT2D eigenvalue weighted by molar-refractivity contribution is 8.26. The number of carbonyl (C=O) groups excluding carboxylic acids is 2. The van der Waals surface area contributed by atoms with Gasteiger partial charge in [-0.1, -0.05) is 83.0 Å². The van der Waals surface area contributed by atoms with Gasteiger partial charge in [-0.3, -0.25) is 4.79 Å². The molecule has 3 aromatic carbocycles. The summed E-state index contributed by atoms with van der Waals surface area (Å²) in [6, 6.07) is 19.7. The fourth-order valence-corrected chi connectivity index (χ4v) is 5.83. The van der Waals surface area contributed by atoms with Crippen molar-refractivity contribution in [2.24, 2.45) is 0 Å². The van der Waals surface area contributed by atoms with Crippen LogP contribution in [0.15, 0.2) is 71.6 Å². The zero-order valence-corrected chi connectivity index (χ0v) is 23.7. The van der Waals surface area contributed by atoms with E-state index < -0.39 is 11.9 Å². The van der Waals surface area contributed by atoms with Crippen LogP contribution in [-0.2, 0) is 11.3 Å². The van der Waals surface area contributed by atoms with Gasteiger partial charge in [0.15, 0.2) is 4.32 Å². The molecule has 11 heteroatoms. The van der Waals surface area contributed by atoms with E-state index in [0.29, 0.717) is 32.2 Å². The number of rotatable bonds is 5. The minimum atomic E-state index is -0.645. The number of hydrazine groups is 1. The lowest BCUT2D eigenvalue weighted by atomic mass is 10.1. The quantitative estimate of drug-likeness (QED) is 0.180. The number of anilines is 1. The Balaban J connectivity index is 1.41. The Morgan fingerprint density at radius 3 is 2.50 bits per heavy atom. The highest BCUT2D eigenvalue weighted by atomic mass is 35.5. The third-order valence-corrected chi connectivity index (χ3v) is 8.44. The van der Waals surface area contributed by atoms with E-state index in [0.717, 1.165) is 44.5 Å². The molecule has 1 fully saturated rings. The number of fused-ring (bicyclic) bond motifs is 1. The van der Waals surface area contributed by atoms with Crippen LogP contribution in [0, 0.1) is 6.92 Å². The summed E-state index contributed by atoms with van der Waals surface area (Å²) in [7, 11) is 0. The summed E-state index contributed by atoms with van der Waals surface area (Å²) >= 11 is 24.9. The van der Waals surface area contributed by atoms with Crippen LogP contribution in [0.1, 0.15) is 16.8 Å². The molecule has 0 unspecified atom stereocenters. The topological polar surface area (TPSA) is 66.4 Å².